The molecule has 0 radical (unpaired) electrons. The van der Waals surface area contributed by atoms with Gasteiger partial charge in [-0.3, -0.25) is 0 Å². The highest BCUT2D eigenvalue weighted by Gasteiger charge is 2.34. The van der Waals surface area contributed by atoms with Crippen LogP contribution in [-0.4, -0.2) is 39.0 Å². The molecule has 0 amide bonds. The summed E-state index contributed by atoms with van der Waals surface area (Å²) in [5, 5.41) is 19.0. The Morgan fingerprint density at radius 3 is 2.36 bits per heavy atom. The number of hydrogen-bond acceptors (Lipinski definition) is 5. The molecule has 5 nitrogen and oxygen atoms in total. The Balaban J connectivity index is 1.75. The van der Waals surface area contributed by atoms with E-state index in [-0.39, 0.29) is 12.7 Å². The normalized spacial score (nSPS) is 25.1. The minimum Gasteiger partial charge on any atom is -0.394 e. The van der Waals surface area contributed by atoms with E-state index in [4.69, 9.17) is 4.74 Å². The fourth-order valence-electron chi connectivity index (χ4n) is 2.95. The molecule has 2 aromatic carbocycles. The smallest absolute Gasteiger partial charge is 0.107 e. The van der Waals surface area contributed by atoms with Gasteiger partial charge >= 0.3 is 0 Å². The van der Waals surface area contributed by atoms with Crippen molar-refractivity contribution in [1.82, 2.24) is 9.97 Å². The molecule has 3 aromatic rings. The van der Waals surface area contributed by atoms with Gasteiger partial charge in [0.2, 0.25) is 0 Å². The van der Waals surface area contributed by atoms with Gasteiger partial charge in [0.25, 0.3) is 0 Å². The van der Waals surface area contributed by atoms with Crippen LogP contribution in [0.1, 0.15) is 18.1 Å². The van der Waals surface area contributed by atoms with Gasteiger partial charge in [-0.2, -0.15) is 0 Å². The second-order valence-electron chi connectivity index (χ2n) is 5.61. The summed E-state index contributed by atoms with van der Waals surface area (Å²) < 4.78 is 5.70. The van der Waals surface area contributed by atoms with Crippen molar-refractivity contribution in [3.05, 3.63) is 48.0 Å². The Morgan fingerprint density at radius 1 is 1.00 bits per heavy atom. The number of rotatable bonds is 2. The van der Waals surface area contributed by atoms with E-state index >= 15 is 0 Å². The van der Waals surface area contributed by atoms with Gasteiger partial charge in [-0.25, -0.2) is 9.97 Å². The lowest BCUT2D eigenvalue weighted by Crippen LogP contribution is -2.24. The van der Waals surface area contributed by atoms with Crippen molar-refractivity contribution < 1.29 is 14.9 Å². The zero-order valence-electron chi connectivity index (χ0n) is 11.9. The number of ether oxygens (including phenoxy) is 1. The standard InChI is InChI=1S/C17H16N2O3/c20-9-17-15(21)8-16(22-17)10-5-6-13-14(7-10)19-12-4-2-1-3-11(12)18-13/h1-7,15-17,20-21H,8-9H2/t15?,16?,17-/m1/s1. The molecule has 0 bridgehead atoms. The molecule has 1 fully saturated rings. The molecule has 2 unspecified atom stereocenters. The van der Waals surface area contributed by atoms with Crippen molar-refractivity contribution in [2.45, 2.75) is 24.7 Å². The first kappa shape index (κ1) is 13.6. The van der Waals surface area contributed by atoms with E-state index in [0.29, 0.717) is 6.42 Å². The van der Waals surface area contributed by atoms with E-state index < -0.39 is 12.2 Å². The van der Waals surface area contributed by atoms with Crippen LogP contribution in [0.15, 0.2) is 42.5 Å². The topological polar surface area (TPSA) is 75.5 Å². The van der Waals surface area contributed by atoms with Gasteiger partial charge in [-0.1, -0.05) is 18.2 Å². The minimum absolute atomic E-state index is 0.171. The number of aliphatic hydroxyl groups excluding tert-OH is 2. The first-order chi connectivity index (χ1) is 10.7. The Hall–Kier alpha value is -2.08. The molecular formula is C17H16N2O3. The van der Waals surface area contributed by atoms with Gasteiger partial charge < -0.3 is 14.9 Å². The number of hydrogen-bond donors (Lipinski definition) is 2. The van der Waals surface area contributed by atoms with Crippen molar-refractivity contribution >= 4 is 22.1 Å². The summed E-state index contributed by atoms with van der Waals surface area (Å²) in [6.07, 6.45) is -0.876. The Morgan fingerprint density at radius 2 is 1.68 bits per heavy atom. The molecule has 0 spiro atoms. The lowest BCUT2D eigenvalue weighted by Gasteiger charge is -2.12. The zero-order chi connectivity index (χ0) is 15.1. The number of para-hydroxylation sites is 2. The van der Waals surface area contributed by atoms with Crippen LogP contribution in [0.5, 0.6) is 0 Å². The Bertz CT molecular complexity index is 836. The third-order valence-electron chi connectivity index (χ3n) is 4.14. The molecular weight excluding hydrogens is 280 g/mol. The quantitative estimate of drug-likeness (QED) is 0.707. The summed E-state index contributed by atoms with van der Waals surface area (Å²) in [7, 11) is 0. The summed E-state index contributed by atoms with van der Waals surface area (Å²) in [4.78, 5) is 9.24. The molecule has 1 aliphatic rings. The highest BCUT2D eigenvalue weighted by atomic mass is 16.5. The van der Waals surface area contributed by atoms with Crippen LogP contribution in [-0.2, 0) is 4.74 Å². The number of aliphatic hydroxyl groups is 2. The van der Waals surface area contributed by atoms with Gasteiger partial charge in [0.1, 0.15) is 6.10 Å². The lowest BCUT2D eigenvalue weighted by molar-refractivity contribution is -0.0225. The largest absolute Gasteiger partial charge is 0.394 e. The second kappa shape index (κ2) is 5.28. The summed E-state index contributed by atoms with van der Waals surface area (Å²) in [5.41, 5.74) is 4.32. The van der Waals surface area contributed by atoms with Crippen LogP contribution < -0.4 is 0 Å². The van der Waals surface area contributed by atoms with E-state index in [1.807, 2.05) is 42.5 Å². The molecule has 3 atom stereocenters. The Kier molecular flexibility index (Phi) is 3.26. The average molecular weight is 296 g/mol. The van der Waals surface area contributed by atoms with Crippen molar-refractivity contribution in [3.63, 3.8) is 0 Å². The van der Waals surface area contributed by atoms with E-state index in [2.05, 4.69) is 9.97 Å². The maximum atomic E-state index is 9.86. The van der Waals surface area contributed by atoms with Gasteiger partial charge in [0.05, 0.1) is 40.9 Å². The van der Waals surface area contributed by atoms with Crippen molar-refractivity contribution in [2.24, 2.45) is 0 Å². The zero-order valence-corrected chi connectivity index (χ0v) is 11.9. The lowest BCUT2D eigenvalue weighted by atomic mass is 10.0. The van der Waals surface area contributed by atoms with Crippen LogP contribution in [0.25, 0.3) is 22.1 Å². The minimum atomic E-state index is -0.631. The van der Waals surface area contributed by atoms with E-state index in [0.717, 1.165) is 27.6 Å². The van der Waals surface area contributed by atoms with Crippen LogP contribution in [0.4, 0.5) is 0 Å². The molecule has 1 aliphatic heterocycles. The predicted octanol–water partition coefficient (Wildman–Crippen LogP) is 1.97. The van der Waals surface area contributed by atoms with E-state index in [1.165, 1.54) is 0 Å². The third kappa shape index (κ3) is 2.23. The van der Waals surface area contributed by atoms with Gasteiger partial charge in [-0.15, -0.1) is 0 Å². The maximum absolute atomic E-state index is 9.86. The van der Waals surface area contributed by atoms with E-state index in [1.54, 1.807) is 0 Å². The summed E-state index contributed by atoms with van der Waals surface area (Å²) in [6.45, 7) is -0.171. The molecule has 0 saturated carbocycles. The average Bonchev–Trinajstić information content (AvgIpc) is 2.93. The van der Waals surface area contributed by atoms with Gasteiger partial charge in [0.15, 0.2) is 0 Å². The highest BCUT2D eigenvalue weighted by molar-refractivity contribution is 5.86. The molecule has 4 rings (SSSR count). The number of nitrogens with zero attached hydrogens (tertiary/aromatic N) is 2. The molecule has 1 saturated heterocycles. The van der Waals surface area contributed by atoms with Crippen LogP contribution >= 0.6 is 0 Å². The predicted molar refractivity (Wildman–Crippen MR) is 82.4 cm³/mol. The molecule has 22 heavy (non-hydrogen) atoms. The van der Waals surface area contributed by atoms with Crippen LogP contribution in [0, 0.1) is 0 Å². The van der Waals surface area contributed by atoms with Crippen molar-refractivity contribution in [3.8, 4) is 0 Å². The molecule has 0 aliphatic carbocycles. The van der Waals surface area contributed by atoms with E-state index in [9.17, 15) is 10.2 Å². The second-order valence-corrected chi connectivity index (χ2v) is 5.61. The fraction of sp³-hybridized carbons (Fsp3) is 0.294. The summed E-state index contributed by atoms with van der Waals surface area (Å²) >= 11 is 0. The van der Waals surface area contributed by atoms with Gasteiger partial charge in [-0.05, 0) is 29.8 Å². The first-order valence-corrected chi connectivity index (χ1v) is 7.35. The SMILES string of the molecule is OC[C@H]1OC(c2ccc3nc4ccccc4nc3c2)CC1O. The fourth-order valence-corrected chi connectivity index (χ4v) is 2.95. The molecule has 2 heterocycles. The molecule has 112 valence electrons. The Labute approximate surface area is 127 Å². The molecule has 2 N–H and O–H groups in total. The van der Waals surface area contributed by atoms with Crippen LogP contribution in [0.3, 0.4) is 0 Å². The molecule has 1 aromatic heterocycles. The van der Waals surface area contributed by atoms with Gasteiger partial charge in [0, 0.05) is 6.42 Å². The number of aromatic nitrogens is 2. The summed E-state index contributed by atoms with van der Waals surface area (Å²) in [5.74, 6) is 0. The first-order valence-electron chi connectivity index (χ1n) is 7.35. The maximum Gasteiger partial charge on any atom is 0.107 e. The third-order valence-corrected chi connectivity index (χ3v) is 4.14. The number of fused-ring (bicyclic) bond motifs is 2. The van der Waals surface area contributed by atoms with Crippen molar-refractivity contribution in [1.29, 1.82) is 0 Å². The summed E-state index contributed by atoms with van der Waals surface area (Å²) in [6, 6.07) is 13.6. The molecule has 5 heteroatoms. The number of benzene rings is 2. The highest BCUT2D eigenvalue weighted by Crippen LogP contribution is 2.34. The van der Waals surface area contributed by atoms with Crippen molar-refractivity contribution in [2.75, 3.05) is 6.61 Å². The van der Waals surface area contributed by atoms with Crippen LogP contribution in [0.2, 0.25) is 0 Å². The monoisotopic (exact) mass is 296 g/mol.